The smallest absolute Gasteiger partial charge is 0.193 e. The third-order valence-corrected chi connectivity index (χ3v) is 5.48. The Morgan fingerprint density at radius 3 is 2.76 bits per heavy atom. The predicted octanol–water partition coefficient (Wildman–Crippen LogP) is 3.46. The quantitative estimate of drug-likeness (QED) is 0.271. The lowest BCUT2D eigenvalue weighted by Crippen LogP contribution is -2.48. The molecule has 0 amide bonds. The number of nitrogens with zero attached hydrogens (tertiary/aromatic N) is 2. The molecule has 0 radical (unpaired) electrons. The largest absolute Gasteiger partial charge is 0.381 e. The van der Waals surface area contributed by atoms with Gasteiger partial charge in [-0.15, -0.1) is 24.0 Å². The van der Waals surface area contributed by atoms with Gasteiger partial charge >= 0.3 is 0 Å². The van der Waals surface area contributed by atoms with Gasteiger partial charge in [0.1, 0.15) is 6.10 Å². The maximum absolute atomic E-state index is 6.07. The predicted molar refractivity (Wildman–Crippen MR) is 127 cm³/mol. The fourth-order valence-electron chi connectivity index (χ4n) is 3.91. The number of morpholine rings is 1. The lowest BCUT2D eigenvalue weighted by Gasteiger charge is -2.36. The summed E-state index contributed by atoms with van der Waals surface area (Å²) < 4.78 is 17.4. The van der Waals surface area contributed by atoms with E-state index in [0.29, 0.717) is 12.7 Å². The van der Waals surface area contributed by atoms with Crippen molar-refractivity contribution in [1.29, 1.82) is 0 Å². The van der Waals surface area contributed by atoms with E-state index < -0.39 is 0 Å². The summed E-state index contributed by atoms with van der Waals surface area (Å²) in [5.74, 6) is 0.948. The van der Waals surface area contributed by atoms with Gasteiger partial charge in [0, 0.05) is 40.0 Å². The Bertz CT molecular complexity index is 650. The second-order valence-electron chi connectivity index (χ2n) is 7.68. The molecular formula is C22H36IN3O3. The van der Waals surface area contributed by atoms with Crippen LogP contribution >= 0.6 is 24.0 Å². The van der Waals surface area contributed by atoms with Crippen LogP contribution in [0.2, 0.25) is 0 Å². The summed E-state index contributed by atoms with van der Waals surface area (Å²) in [7, 11) is 1.85. The molecule has 3 rings (SSSR count). The third-order valence-electron chi connectivity index (χ3n) is 5.48. The van der Waals surface area contributed by atoms with E-state index in [9.17, 15) is 0 Å². The van der Waals surface area contributed by atoms with Crippen molar-refractivity contribution in [3.8, 4) is 0 Å². The number of aryl methyl sites for hydroxylation is 2. The maximum Gasteiger partial charge on any atom is 0.193 e. The van der Waals surface area contributed by atoms with Gasteiger partial charge in [-0.05, 0) is 44.2 Å². The Kier molecular flexibility index (Phi) is 10.7. The van der Waals surface area contributed by atoms with Crippen molar-refractivity contribution >= 4 is 29.9 Å². The van der Waals surface area contributed by atoms with Gasteiger partial charge in [-0.3, -0.25) is 4.99 Å². The van der Waals surface area contributed by atoms with Crippen molar-refractivity contribution in [1.82, 2.24) is 10.2 Å². The SMILES string of the molecule is CN=C(NCCCOC1CCOCC1)N1CCOC(c2ccc(C)cc2C)C1.I. The molecule has 1 unspecified atom stereocenters. The van der Waals surface area contributed by atoms with E-state index in [4.69, 9.17) is 14.2 Å². The van der Waals surface area contributed by atoms with E-state index in [0.717, 1.165) is 64.7 Å². The standard InChI is InChI=1S/C22H35N3O3.HI/c1-17-5-6-20(18(2)15-17)21-16-25(10-14-28-21)22(23-3)24-9-4-11-27-19-7-12-26-13-8-19;/h5-6,15,19,21H,4,7-14,16H2,1-3H3,(H,23,24);1H. The number of guanidine groups is 1. The van der Waals surface area contributed by atoms with Crippen LogP contribution in [0.3, 0.4) is 0 Å². The number of nitrogens with one attached hydrogen (secondary N) is 1. The number of ether oxygens (including phenoxy) is 3. The summed E-state index contributed by atoms with van der Waals surface area (Å²) >= 11 is 0. The molecule has 2 aliphatic rings. The summed E-state index contributed by atoms with van der Waals surface area (Å²) in [5.41, 5.74) is 3.85. The Morgan fingerprint density at radius 1 is 1.24 bits per heavy atom. The van der Waals surface area contributed by atoms with Crippen molar-refractivity contribution in [2.45, 2.75) is 45.3 Å². The molecule has 29 heavy (non-hydrogen) atoms. The first-order valence-corrected chi connectivity index (χ1v) is 10.5. The summed E-state index contributed by atoms with van der Waals surface area (Å²) in [5, 5.41) is 3.49. The van der Waals surface area contributed by atoms with Gasteiger partial charge in [-0.1, -0.05) is 23.8 Å². The first kappa shape index (κ1) is 24.4. The Morgan fingerprint density at radius 2 is 2.03 bits per heavy atom. The molecule has 0 saturated carbocycles. The van der Waals surface area contributed by atoms with Gasteiger partial charge in [0.25, 0.3) is 0 Å². The number of aliphatic imine (C=N–C) groups is 1. The third kappa shape index (κ3) is 7.38. The first-order chi connectivity index (χ1) is 13.7. The van der Waals surface area contributed by atoms with Gasteiger partial charge in [0.05, 0.1) is 19.3 Å². The van der Waals surface area contributed by atoms with E-state index in [1.807, 2.05) is 7.05 Å². The second-order valence-corrected chi connectivity index (χ2v) is 7.68. The van der Waals surface area contributed by atoms with Crippen LogP contribution in [-0.2, 0) is 14.2 Å². The van der Waals surface area contributed by atoms with Gasteiger partial charge in [-0.25, -0.2) is 0 Å². The molecule has 0 aromatic heterocycles. The van der Waals surface area contributed by atoms with Crippen molar-refractivity contribution in [2.24, 2.45) is 4.99 Å². The highest BCUT2D eigenvalue weighted by atomic mass is 127. The highest BCUT2D eigenvalue weighted by molar-refractivity contribution is 14.0. The van der Waals surface area contributed by atoms with Gasteiger partial charge in [0.15, 0.2) is 5.96 Å². The number of hydrogen-bond acceptors (Lipinski definition) is 4. The van der Waals surface area contributed by atoms with E-state index >= 15 is 0 Å². The zero-order valence-corrected chi connectivity index (χ0v) is 20.3. The van der Waals surface area contributed by atoms with Crippen molar-refractivity contribution in [3.63, 3.8) is 0 Å². The fraction of sp³-hybridized carbons (Fsp3) is 0.682. The van der Waals surface area contributed by atoms with Gasteiger partial charge in [0.2, 0.25) is 0 Å². The molecule has 164 valence electrons. The van der Waals surface area contributed by atoms with Crippen LogP contribution in [0.1, 0.15) is 42.1 Å². The average Bonchev–Trinajstić information content (AvgIpc) is 2.71. The van der Waals surface area contributed by atoms with E-state index in [2.05, 4.69) is 47.3 Å². The molecule has 1 N–H and O–H groups in total. The van der Waals surface area contributed by atoms with E-state index in [1.54, 1.807) is 0 Å². The molecule has 2 fully saturated rings. The Labute approximate surface area is 192 Å². The summed E-state index contributed by atoms with van der Waals surface area (Å²) in [6.07, 6.45) is 3.46. The summed E-state index contributed by atoms with van der Waals surface area (Å²) in [6, 6.07) is 6.59. The molecule has 0 spiro atoms. The number of benzene rings is 1. The average molecular weight is 517 g/mol. The minimum Gasteiger partial charge on any atom is -0.381 e. The van der Waals surface area contributed by atoms with Crippen LogP contribution in [0.5, 0.6) is 0 Å². The lowest BCUT2D eigenvalue weighted by atomic mass is 10.00. The number of rotatable bonds is 6. The van der Waals surface area contributed by atoms with Crippen molar-refractivity contribution < 1.29 is 14.2 Å². The van der Waals surface area contributed by atoms with Gasteiger partial charge < -0.3 is 24.4 Å². The fourth-order valence-corrected chi connectivity index (χ4v) is 3.91. The Balaban J connectivity index is 0.00000300. The molecule has 1 aromatic rings. The first-order valence-electron chi connectivity index (χ1n) is 10.5. The van der Waals surface area contributed by atoms with E-state index in [1.165, 1.54) is 16.7 Å². The molecule has 0 bridgehead atoms. The van der Waals surface area contributed by atoms with Gasteiger partial charge in [-0.2, -0.15) is 0 Å². The molecule has 2 aliphatic heterocycles. The van der Waals surface area contributed by atoms with Crippen LogP contribution in [0.15, 0.2) is 23.2 Å². The maximum atomic E-state index is 6.07. The van der Waals surface area contributed by atoms with Crippen LogP contribution in [-0.4, -0.2) is 70.1 Å². The Hall–Kier alpha value is -0.900. The summed E-state index contributed by atoms with van der Waals surface area (Å²) in [4.78, 5) is 6.78. The summed E-state index contributed by atoms with van der Waals surface area (Å²) in [6.45, 7) is 9.98. The van der Waals surface area contributed by atoms with Crippen LogP contribution < -0.4 is 5.32 Å². The second kappa shape index (κ2) is 12.7. The molecule has 6 nitrogen and oxygen atoms in total. The van der Waals surface area contributed by atoms with Crippen molar-refractivity contribution in [2.75, 3.05) is 53.1 Å². The van der Waals surface area contributed by atoms with E-state index in [-0.39, 0.29) is 30.1 Å². The molecule has 2 heterocycles. The minimum absolute atomic E-state index is 0. The lowest BCUT2D eigenvalue weighted by molar-refractivity contribution is -0.0321. The van der Waals surface area contributed by atoms with Crippen LogP contribution in [0.25, 0.3) is 0 Å². The highest BCUT2D eigenvalue weighted by Gasteiger charge is 2.25. The topological polar surface area (TPSA) is 55.3 Å². The molecule has 1 aromatic carbocycles. The minimum atomic E-state index is 0. The van der Waals surface area contributed by atoms with Crippen LogP contribution in [0, 0.1) is 13.8 Å². The molecule has 7 heteroatoms. The monoisotopic (exact) mass is 517 g/mol. The normalized spacial score (nSPS) is 21.0. The zero-order chi connectivity index (χ0) is 19.8. The number of halogens is 1. The molecule has 1 atom stereocenters. The van der Waals surface area contributed by atoms with Crippen molar-refractivity contribution in [3.05, 3.63) is 34.9 Å². The highest BCUT2D eigenvalue weighted by Crippen LogP contribution is 2.25. The molecule has 2 saturated heterocycles. The zero-order valence-electron chi connectivity index (χ0n) is 18.0. The molecule has 0 aliphatic carbocycles. The number of hydrogen-bond donors (Lipinski definition) is 1. The van der Waals surface area contributed by atoms with Crippen LogP contribution in [0.4, 0.5) is 0 Å². The molecular weight excluding hydrogens is 481 g/mol.